The van der Waals surface area contributed by atoms with Gasteiger partial charge in [0, 0.05) is 13.3 Å². The van der Waals surface area contributed by atoms with Crippen LogP contribution in [0.5, 0.6) is 0 Å². The molecule has 1 unspecified atom stereocenters. The minimum atomic E-state index is -1.50. The lowest BCUT2D eigenvalue weighted by Gasteiger charge is -2.00. The van der Waals surface area contributed by atoms with Crippen LogP contribution in [0.25, 0.3) is 0 Å². The minimum absolute atomic E-state index is 0.133. The van der Waals surface area contributed by atoms with Crippen molar-refractivity contribution in [1.82, 2.24) is 0 Å². The first-order valence-corrected chi connectivity index (χ1v) is 4.89. The fourth-order valence-electron chi connectivity index (χ4n) is 0.612. The summed E-state index contributed by atoms with van der Waals surface area (Å²) in [6.45, 7) is 3.97. The average Bonchev–Trinajstić information content (AvgIpc) is 1.63. The van der Waals surface area contributed by atoms with Crippen LogP contribution in [0.15, 0.2) is 0 Å². The van der Waals surface area contributed by atoms with Gasteiger partial charge in [-0.15, -0.1) is 0 Å². The molecule has 0 heterocycles. The lowest BCUT2D eigenvalue weighted by molar-refractivity contribution is 0.0846. The van der Waals surface area contributed by atoms with Gasteiger partial charge in [-0.2, -0.15) is 4.21 Å². The SMILES string of the molecule is CCC[C@H](C)[OH+]S(=O)Cl. The van der Waals surface area contributed by atoms with E-state index in [1.165, 1.54) is 0 Å². The van der Waals surface area contributed by atoms with Crippen LogP contribution in [0, 0.1) is 0 Å². The van der Waals surface area contributed by atoms with Gasteiger partial charge in [0.05, 0.1) is 10.7 Å². The molecule has 56 valence electrons. The minimum Gasteiger partial charge on any atom is -0.324 e. The van der Waals surface area contributed by atoms with E-state index >= 15 is 0 Å². The molecule has 0 rings (SSSR count). The summed E-state index contributed by atoms with van der Waals surface area (Å²) in [6.07, 6.45) is 2.14. The maximum Gasteiger partial charge on any atom is 0.408 e. The summed E-state index contributed by atoms with van der Waals surface area (Å²) in [6, 6.07) is 0. The molecule has 4 heteroatoms. The molecule has 0 aliphatic carbocycles. The maximum absolute atomic E-state index is 10.2. The lowest BCUT2D eigenvalue weighted by atomic mass is 10.2. The molecule has 0 aromatic heterocycles. The molecule has 0 radical (unpaired) electrons. The van der Waals surface area contributed by atoms with Crippen LogP contribution >= 0.6 is 10.7 Å². The third kappa shape index (κ3) is 6.28. The smallest absolute Gasteiger partial charge is 0.324 e. The molecular formula is C5H12ClO2S+. The topological polar surface area (TPSA) is 29.9 Å². The predicted molar refractivity (Wildman–Crippen MR) is 40.6 cm³/mol. The zero-order chi connectivity index (χ0) is 7.28. The molecule has 0 aromatic rings. The Labute approximate surface area is 62.7 Å². The van der Waals surface area contributed by atoms with E-state index in [9.17, 15) is 4.21 Å². The van der Waals surface area contributed by atoms with Gasteiger partial charge in [-0.1, -0.05) is 6.92 Å². The Morgan fingerprint density at radius 3 is 2.67 bits per heavy atom. The molecular weight excluding hydrogens is 160 g/mol. The van der Waals surface area contributed by atoms with Crippen molar-refractivity contribution < 1.29 is 8.39 Å². The fraction of sp³-hybridized carbons (Fsp3) is 1.00. The summed E-state index contributed by atoms with van der Waals surface area (Å²) in [4.78, 5) is 0. The van der Waals surface area contributed by atoms with Crippen molar-refractivity contribution in [3.05, 3.63) is 0 Å². The molecule has 0 aliphatic heterocycles. The number of hydrogen-bond acceptors (Lipinski definition) is 1. The molecule has 2 nitrogen and oxygen atoms in total. The highest BCUT2D eigenvalue weighted by Crippen LogP contribution is 2.01. The maximum atomic E-state index is 10.2. The quantitative estimate of drug-likeness (QED) is 0.358. The van der Waals surface area contributed by atoms with E-state index in [4.69, 9.17) is 10.7 Å². The molecule has 9 heavy (non-hydrogen) atoms. The average molecular weight is 172 g/mol. The number of hydrogen-bond donors (Lipinski definition) is 0. The second kappa shape index (κ2) is 5.21. The van der Waals surface area contributed by atoms with Gasteiger partial charge in [-0.05, 0) is 6.42 Å². The second-order valence-corrected chi connectivity index (χ2v) is 3.37. The molecule has 0 saturated heterocycles. The zero-order valence-corrected chi connectivity index (χ0v) is 7.21. The molecule has 2 atom stereocenters. The third-order valence-electron chi connectivity index (χ3n) is 0.969. The standard InChI is InChI=1S/C5H11ClO2S/c1-3-4-5(2)8-9(6)7/h5H,3-4H2,1-2H3/p+1/t5-,9?/m0/s1. The van der Waals surface area contributed by atoms with E-state index in [-0.39, 0.29) is 6.10 Å². The highest BCUT2D eigenvalue weighted by atomic mass is 35.7. The Morgan fingerprint density at radius 1 is 1.78 bits per heavy atom. The highest BCUT2D eigenvalue weighted by Gasteiger charge is 2.08. The van der Waals surface area contributed by atoms with Gasteiger partial charge in [0.15, 0.2) is 6.10 Å². The van der Waals surface area contributed by atoms with Gasteiger partial charge in [0.2, 0.25) is 0 Å². The van der Waals surface area contributed by atoms with E-state index in [1.807, 2.05) is 6.92 Å². The molecule has 0 aromatic carbocycles. The Kier molecular flexibility index (Phi) is 5.44. The van der Waals surface area contributed by atoms with E-state index in [0.717, 1.165) is 12.8 Å². The van der Waals surface area contributed by atoms with Gasteiger partial charge in [-0.25, -0.2) is 0 Å². The van der Waals surface area contributed by atoms with E-state index < -0.39 is 10.3 Å². The number of halogens is 1. The summed E-state index contributed by atoms with van der Waals surface area (Å²) in [5.74, 6) is 0. The number of aliphatic hydroxyl groups is 1. The largest absolute Gasteiger partial charge is 0.408 e. The molecule has 0 spiro atoms. The van der Waals surface area contributed by atoms with Crippen molar-refractivity contribution in [1.29, 1.82) is 0 Å². The normalized spacial score (nSPS) is 17.2. The lowest BCUT2D eigenvalue weighted by Crippen LogP contribution is -2.11. The van der Waals surface area contributed by atoms with Crippen LogP contribution in [-0.2, 0) is 10.3 Å². The highest BCUT2D eigenvalue weighted by molar-refractivity contribution is 8.04. The molecule has 0 amide bonds. The summed E-state index contributed by atoms with van der Waals surface area (Å²) in [7, 11) is 3.61. The van der Waals surface area contributed by atoms with Gasteiger partial charge in [-0.3, -0.25) is 0 Å². The van der Waals surface area contributed by atoms with Crippen molar-refractivity contribution in [3.63, 3.8) is 0 Å². The molecule has 0 fully saturated rings. The van der Waals surface area contributed by atoms with Crippen LogP contribution < -0.4 is 0 Å². The van der Waals surface area contributed by atoms with Crippen molar-refractivity contribution in [2.45, 2.75) is 32.8 Å². The van der Waals surface area contributed by atoms with Crippen LogP contribution in [0.4, 0.5) is 0 Å². The van der Waals surface area contributed by atoms with Crippen molar-refractivity contribution in [3.8, 4) is 0 Å². The summed E-state index contributed by atoms with van der Waals surface area (Å²) >= 11 is 0. The fourth-order valence-corrected chi connectivity index (χ4v) is 1.41. The Balaban J connectivity index is 3.26. The Hall–Kier alpha value is 0.400. The van der Waals surface area contributed by atoms with Crippen LogP contribution in [-0.4, -0.2) is 14.5 Å². The Morgan fingerprint density at radius 2 is 2.33 bits per heavy atom. The number of rotatable bonds is 4. The molecule has 1 N–H and O–H groups in total. The monoisotopic (exact) mass is 171 g/mol. The second-order valence-electron chi connectivity index (χ2n) is 1.95. The molecule has 0 saturated carbocycles. The Bertz CT molecular complexity index is 97.0. The van der Waals surface area contributed by atoms with Crippen LogP contribution in [0.3, 0.4) is 0 Å². The first-order valence-electron chi connectivity index (χ1n) is 2.95. The van der Waals surface area contributed by atoms with E-state index in [0.29, 0.717) is 0 Å². The zero-order valence-electron chi connectivity index (χ0n) is 5.63. The van der Waals surface area contributed by atoms with Gasteiger partial charge < -0.3 is 4.18 Å². The summed E-state index contributed by atoms with van der Waals surface area (Å²) in [5.41, 5.74) is 0. The van der Waals surface area contributed by atoms with E-state index in [1.54, 1.807) is 0 Å². The van der Waals surface area contributed by atoms with Gasteiger partial charge in [0.25, 0.3) is 0 Å². The molecule has 0 bridgehead atoms. The van der Waals surface area contributed by atoms with Crippen LogP contribution in [0.2, 0.25) is 0 Å². The first-order chi connectivity index (χ1) is 4.16. The summed E-state index contributed by atoms with van der Waals surface area (Å²) in [5, 5.41) is 0. The third-order valence-corrected chi connectivity index (χ3v) is 1.73. The van der Waals surface area contributed by atoms with Crippen molar-refractivity contribution in [2.75, 3.05) is 0 Å². The van der Waals surface area contributed by atoms with E-state index in [2.05, 4.69) is 11.1 Å². The first kappa shape index (κ1) is 9.40. The van der Waals surface area contributed by atoms with Crippen LogP contribution in [0.1, 0.15) is 26.7 Å². The predicted octanol–water partition coefficient (Wildman–Crippen LogP) is 1.52. The summed E-state index contributed by atoms with van der Waals surface area (Å²) < 4.78 is 13.9. The van der Waals surface area contributed by atoms with Crippen molar-refractivity contribution >= 4 is 21.0 Å². The van der Waals surface area contributed by atoms with Gasteiger partial charge >= 0.3 is 10.3 Å². The van der Waals surface area contributed by atoms with Crippen molar-refractivity contribution in [2.24, 2.45) is 0 Å². The van der Waals surface area contributed by atoms with Gasteiger partial charge in [0.1, 0.15) is 0 Å². The molecule has 0 aliphatic rings.